The highest BCUT2D eigenvalue weighted by molar-refractivity contribution is 5.70. The van der Waals surface area contributed by atoms with Crippen LogP contribution in [-0.4, -0.2) is 36.4 Å². The SMILES string of the molecule is CC/C=C\C/C=C\C/C=C\C/C=C\C/C=C\C/C=C\C/C=C\CCCCCCCCCCCC(=O)OC(CO)COC(=O)CCCCCCCCCCC/C=C\C/C=C\CCCCCCC. The van der Waals surface area contributed by atoms with E-state index in [1.165, 1.54) is 122 Å². The highest BCUT2D eigenvalue weighted by Crippen LogP contribution is 2.14. The number of hydrogen-bond acceptors (Lipinski definition) is 5. The second-order valence-electron chi connectivity index (χ2n) is 17.9. The third-order valence-corrected chi connectivity index (χ3v) is 11.6. The van der Waals surface area contributed by atoms with Gasteiger partial charge in [-0.3, -0.25) is 9.59 Å². The highest BCUT2D eigenvalue weighted by atomic mass is 16.6. The lowest BCUT2D eigenvalue weighted by molar-refractivity contribution is -0.161. The van der Waals surface area contributed by atoms with E-state index in [2.05, 4.69) is 123 Å². The van der Waals surface area contributed by atoms with Crippen LogP contribution >= 0.6 is 0 Å². The predicted octanol–water partition coefficient (Wildman–Crippen LogP) is 18.5. The Morgan fingerprint density at radius 1 is 0.364 bits per heavy atom. The van der Waals surface area contributed by atoms with Gasteiger partial charge in [0.05, 0.1) is 6.61 Å². The van der Waals surface area contributed by atoms with Crippen LogP contribution in [0.2, 0.25) is 0 Å². The van der Waals surface area contributed by atoms with Crippen molar-refractivity contribution in [2.75, 3.05) is 13.2 Å². The Hall–Kier alpha value is -3.44. The van der Waals surface area contributed by atoms with Crippen molar-refractivity contribution in [1.82, 2.24) is 0 Å². The van der Waals surface area contributed by atoms with Gasteiger partial charge in [0.15, 0.2) is 6.10 Å². The van der Waals surface area contributed by atoms with Crippen LogP contribution in [0, 0.1) is 0 Å². The van der Waals surface area contributed by atoms with Crippen LogP contribution in [0.25, 0.3) is 0 Å². The minimum atomic E-state index is -0.785. The third-order valence-electron chi connectivity index (χ3n) is 11.6. The fourth-order valence-electron chi connectivity index (χ4n) is 7.45. The molecule has 1 atom stereocenters. The molecule has 376 valence electrons. The predicted molar refractivity (Wildman–Crippen MR) is 288 cm³/mol. The second-order valence-corrected chi connectivity index (χ2v) is 17.9. The van der Waals surface area contributed by atoms with Gasteiger partial charge in [-0.2, -0.15) is 0 Å². The summed E-state index contributed by atoms with van der Waals surface area (Å²) in [6, 6.07) is 0. The van der Waals surface area contributed by atoms with E-state index < -0.39 is 6.10 Å². The number of aliphatic hydroxyl groups excluding tert-OH is 1. The molecular weight excluding hydrogens is 813 g/mol. The number of aliphatic hydroxyl groups is 1. The van der Waals surface area contributed by atoms with Gasteiger partial charge >= 0.3 is 11.9 Å². The maximum Gasteiger partial charge on any atom is 0.306 e. The summed E-state index contributed by atoms with van der Waals surface area (Å²) in [5.41, 5.74) is 0. The molecule has 0 aromatic heterocycles. The molecule has 0 rings (SSSR count). The van der Waals surface area contributed by atoms with E-state index in [4.69, 9.17) is 9.47 Å². The Labute approximate surface area is 408 Å². The monoisotopic (exact) mass is 915 g/mol. The lowest BCUT2D eigenvalue weighted by atomic mass is 10.1. The smallest absolute Gasteiger partial charge is 0.306 e. The molecule has 0 saturated carbocycles. The van der Waals surface area contributed by atoms with Gasteiger partial charge < -0.3 is 14.6 Å². The maximum absolute atomic E-state index is 12.3. The van der Waals surface area contributed by atoms with E-state index in [1.807, 2.05) is 0 Å². The minimum Gasteiger partial charge on any atom is -0.462 e. The van der Waals surface area contributed by atoms with Crippen LogP contribution in [0.3, 0.4) is 0 Å². The van der Waals surface area contributed by atoms with Crippen molar-refractivity contribution >= 4 is 11.9 Å². The van der Waals surface area contributed by atoms with Gasteiger partial charge in [0, 0.05) is 12.8 Å². The maximum atomic E-state index is 12.3. The van der Waals surface area contributed by atoms with Gasteiger partial charge in [0.2, 0.25) is 0 Å². The lowest BCUT2D eigenvalue weighted by Crippen LogP contribution is -2.28. The fraction of sp³-hybridized carbons (Fsp3) is 0.672. The summed E-state index contributed by atoms with van der Waals surface area (Å²) in [6.45, 7) is 4.01. The molecule has 0 radical (unpaired) electrons. The Balaban J connectivity index is 3.57. The van der Waals surface area contributed by atoms with Crippen LogP contribution in [0.5, 0.6) is 0 Å². The Morgan fingerprint density at radius 3 is 0.985 bits per heavy atom. The number of hydrogen-bond donors (Lipinski definition) is 1. The zero-order chi connectivity index (χ0) is 47.7. The zero-order valence-corrected chi connectivity index (χ0v) is 42.9. The summed E-state index contributed by atoms with van der Waals surface area (Å²) < 4.78 is 10.7. The molecule has 1 N–H and O–H groups in total. The third kappa shape index (κ3) is 53.2. The standard InChI is InChI=1S/C61H102O5/c1-3-5-7-9-11-13-15-17-19-21-23-25-26-27-28-29-30-31-32-33-34-36-38-40-42-44-46-48-50-52-54-56-61(64)66-59(57-62)58-65-60(63)55-53-51-49-47-45-43-41-39-37-35-24-22-20-18-16-14-12-10-8-6-4-2/h5,7,11,13,16-19,22-25,27-28,30-31,33-34,59,62H,3-4,6,8-10,12,14-15,20-21,26,29,32,35-58H2,1-2H3/b7-5-,13-11-,18-16-,19-17-,24-22-,25-23-,28-27-,31-30-,34-33-. The van der Waals surface area contributed by atoms with Crippen LogP contribution in [-0.2, 0) is 19.1 Å². The number of rotatable bonds is 49. The molecule has 0 bridgehead atoms. The molecule has 0 aliphatic rings. The first-order valence-corrected chi connectivity index (χ1v) is 27.4. The summed E-state index contributed by atoms with van der Waals surface area (Å²) in [5, 5.41) is 9.65. The van der Waals surface area contributed by atoms with Crippen LogP contribution in [0.1, 0.15) is 245 Å². The van der Waals surface area contributed by atoms with E-state index in [9.17, 15) is 14.7 Å². The van der Waals surface area contributed by atoms with E-state index in [0.717, 1.165) is 96.3 Å². The average molecular weight is 915 g/mol. The van der Waals surface area contributed by atoms with E-state index in [0.29, 0.717) is 12.8 Å². The second kappa shape index (κ2) is 55.9. The first-order valence-electron chi connectivity index (χ1n) is 27.4. The van der Waals surface area contributed by atoms with E-state index >= 15 is 0 Å². The van der Waals surface area contributed by atoms with E-state index in [-0.39, 0.29) is 25.2 Å². The Morgan fingerprint density at radius 2 is 0.652 bits per heavy atom. The van der Waals surface area contributed by atoms with Crippen LogP contribution in [0.4, 0.5) is 0 Å². The summed E-state index contributed by atoms with van der Waals surface area (Å²) in [5.74, 6) is -0.604. The van der Waals surface area contributed by atoms with Gasteiger partial charge in [-0.15, -0.1) is 0 Å². The average Bonchev–Trinajstić information content (AvgIpc) is 3.32. The highest BCUT2D eigenvalue weighted by Gasteiger charge is 2.16. The van der Waals surface area contributed by atoms with Crippen molar-refractivity contribution < 1.29 is 24.2 Å². The molecule has 1 unspecified atom stereocenters. The Bertz CT molecular complexity index is 1310. The molecule has 0 spiro atoms. The van der Waals surface area contributed by atoms with Gasteiger partial charge in [0.25, 0.3) is 0 Å². The normalized spacial score (nSPS) is 13.1. The van der Waals surface area contributed by atoms with Crippen LogP contribution < -0.4 is 0 Å². The Kier molecular flexibility index (Phi) is 53.0. The topological polar surface area (TPSA) is 72.8 Å². The summed E-state index contributed by atoms with van der Waals surface area (Å²) in [7, 11) is 0. The number of allylic oxidation sites excluding steroid dienone is 18. The minimum absolute atomic E-state index is 0.0756. The van der Waals surface area contributed by atoms with Crippen molar-refractivity contribution in [2.45, 2.75) is 251 Å². The fourth-order valence-corrected chi connectivity index (χ4v) is 7.45. The van der Waals surface area contributed by atoms with Crippen molar-refractivity contribution in [1.29, 1.82) is 0 Å². The van der Waals surface area contributed by atoms with Gasteiger partial charge in [-0.05, 0) is 103 Å². The summed E-state index contributed by atoms with van der Waals surface area (Å²) >= 11 is 0. The van der Waals surface area contributed by atoms with Crippen LogP contribution in [0.15, 0.2) is 109 Å². The van der Waals surface area contributed by atoms with Gasteiger partial charge in [0.1, 0.15) is 6.61 Å². The van der Waals surface area contributed by atoms with Crippen molar-refractivity contribution in [3.8, 4) is 0 Å². The zero-order valence-electron chi connectivity index (χ0n) is 42.9. The molecule has 0 amide bonds. The molecule has 0 aromatic rings. The molecular formula is C61H102O5. The first-order chi connectivity index (χ1) is 32.6. The number of carbonyl (C=O) groups is 2. The largest absolute Gasteiger partial charge is 0.462 e. The van der Waals surface area contributed by atoms with Crippen molar-refractivity contribution in [3.63, 3.8) is 0 Å². The quantitative estimate of drug-likeness (QED) is 0.0374. The summed E-state index contributed by atoms with van der Waals surface area (Å²) in [6.07, 6.45) is 80.4. The lowest BCUT2D eigenvalue weighted by Gasteiger charge is -2.15. The number of esters is 2. The first kappa shape index (κ1) is 62.6. The van der Waals surface area contributed by atoms with E-state index in [1.54, 1.807) is 0 Å². The molecule has 5 heteroatoms. The molecule has 0 saturated heterocycles. The molecule has 0 aliphatic heterocycles. The molecule has 0 aliphatic carbocycles. The number of ether oxygens (including phenoxy) is 2. The molecule has 0 fully saturated rings. The molecule has 0 heterocycles. The van der Waals surface area contributed by atoms with Gasteiger partial charge in [-0.25, -0.2) is 0 Å². The summed E-state index contributed by atoms with van der Waals surface area (Å²) in [4.78, 5) is 24.5. The number of carbonyl (C=O) groups excluding carboxylic acids is 2. The molecule has 5 nitrogen and oxygen atoms in total. The van der Waals surface area contributed by atoms with Crippen molar-refractivity contribution in [2.24, 2.45) is 0 Å². The van der Waals surface area contributed by atoms with Gasteiger partial charge in [-0.1, -0.05) is 239 Å². The van der Waals surface area contributed by atoms with Crippen molar-refractivity contribution in [3.05, 3.63) is 109 Å². The molecule has 0 aromatic carbocycles. The number of unbranched alkanes of at least 4 members (excludes halogenated alkanes) is 23. The molecule has 66 heavy (non-hydrogen) atoms.